The van der Waals surface area contributed by atoms with Crippen LogP contribution in [-0.2, 0) is 9.59 Å². The van der Waals surface area contributed by atoms with Crippen LogP contribution in [0.4, 0.5) is 5.69 Å². The van der Waals surface area contributed by atoms with Crippen molar-refractivity contribution in [2.45, 2.75) is 6.92 Å². The third-order valence-corrected chi connectivity index (χ3v) is 6.08. The fourth-order valence-corrected chi connectivity index (χ4v) is 4.07. The number of ether oxygens (including phenoxy) is 1. The molecule has 0 bridgehead atoms. The molecule has 30 heavy (non-hydrogen) atoms. The van der Waals surface area contributed by atoms with Crippen LogP contribution in [0.3, 0.4) is 0 Å². The van der Waals surface area contributed by atoms with Gasteiger partial charge in [0.15, 0.2) is 0 Å². The number of nitrogens with zero attached hydrogens (tertiary/aromatic N) is 3. The van der Waals surface area contributed by atoms with E-state index in [0.717, 1.165) is 18.7 Å². The number of carbonyl (C=O) groups is 2. The van der Waals surface area contributed by atoms with Crippen LogP contribution >= 0.6 is 11.6 Å². The van der Waals surface area contributed by atoms with Crippen molar-refractivity contribution in [3.8, 4) is 5.75 Å². The molecular formula is C23H24ClN3O3. The molecule has 2 aliphatic rings. The average molecular weight is 426 g/mol. The average Bonchev–Trinajstić information content (AvgIpc) is 3.00. The van der Waals surface area contributed by atoms with Crippen LogP contribution < -0.4 is 9.64 Å². The first-order chi connectivity index (χ1) is 14.4. The summed E-state index contributed by atoms with van der Waals surface area (Å²) in [7, 11) is 3.61. The van der Waals surface area contributed by atoms with Crippen LogP contribution in [0.5, 0.6) is 5.75 Å². The molecule has 2 heterocycles. The normalized spacial score (nSPS) is 17.9. The van der Waals surface area contributed by atoms with E-state index in [0.29, 0.717) is 46.4 Å². The molecule has 0 aliphatic carbocycles. The van der Waals surface area contributed by atoms with Gasteiger partial charge in [0.05, 0.1) is 18.4 Å². The number of halogens is 1. The molecule has 7 heteroatoms. The summed E-state index contributed by atoms with van der Waals surface area (Å²) in [6, 6.07) is 12.5. The van der Waals surface area contributed by atoms with Crippen LogP contribution in [0.25, 0.3) is 5.57 Å². The summed E-state index contributed by atoms with van der Waals surface area (Å²) in [5.41, 5.74) is 2.77. The van der Waals surface area contributed by atoms with Crippen LogP contribution in [0.15, 0.2) is 48.2 Å². The van der Waals surface area contributed by atoms with Gasteiger partial charge in [-0.05, 0) is 37.7 Å². The van der Waals surface area contributed by atoms with Crippen molar-refractivity contribution in [1.82, 2.24) is 9.80 Å². The molecule has 4 rings (SSSR count). The van der Waals surface area contributed by atoms with Gasteiger partial charge in [0.25, 0.3) is 11.8 Å². The molecule has 1 fully saturated rings. The number of piperazine rings is 1. The van der Waals surface area contributed by atoms with Crippen molar-refractivity contribution in [2.24, 2.45) is 0 Å². The minimum absolute atomic E-state index is 0.328. The molecule has 6 nitrogen and oxygen atoms in total. The third kappa shape index (κ3) is 3.46. The number of para-hydroxylation sites is 1. The van der Waals surface area contributed by atoms with Crippen LogP contribution in [0.1, 0.15) is 11.1 Å². The molecule has 0 saturated carbocycles. The van der Waals surface area contributed by atoms with Gasteiger partial charge >= 0.3 is 0 Å². The van der Waals surface area contributed by atoms with Crippen LogP contribution in [-0.4, -0.2) is 62.0 Å². The van der Waals surface area contributed by atoms with E-state index in [9.17, 15) is 9.59 Å². The molecule has 0 radical (unpaired) electrons. The van der Waals surface area contributed by atoms with E-state index in [1.807, 2.05) is 36.1 Å². The lowest BCUT2D eigenvalue weighted by atomic mass is 10.0. The first-order valence-electron chi connectivity index (χ1n) is 9.88. The Morgan fingerprint density at radius 1 is 0.967 bits per heavy atom. The Morgan fingerprint density at radius 3 is 2.33 bits per heavy atom. The number of rotatable bonds is 4. The second-order valence-corrected chi connectivity index (χ2v) is 8.00. The molecule has 0 N–H and O–H groups in total. The van der Waals surface area contributed by atoms with Gasteiger partial charge in [0.1, 0.15) is 11.4 Å². The maximum atomic E-state index is 13.6. The lowest BCUT2D eigenvalue weighted by Gasteiger charge is -2.34. The van der Waals surface area contributed by atoms with Crippen molar-refractivity contribution in [2.75, 3.05) is 45.2 Å². The largest absolute Gasteiger partial charge is 0.496 e. The summed E-state index contributed by atoms with van der Waals surface area (Å²) in [4.78, 5) is 32.6. The predicted octanol–water partition coefficient (Wildman–Crippen LogP) is 3.19. The number of hydrogen-bond acceptors (Lipinski definition) is 5. The van der Waals surface area contributed by atoms with Crippen molar-refractivity contribution >= 4 is 34.7 Å². The molecule has 0 unspecified atom stereocenters. The predicted molar refractivity (Wildman–Crippen MR) is 118 cm³/mol. The quantitative estimate of drug-likeness (QED) is 0.704. The van der Waals surface area contributed by atoms with Gasteiger partial charge in [0.2, 0.25) is 0 Å². The zero-order chi connectivity index (χ0) is 21.4. The Labute approximate surface area is 181 Å². The topological polar surface area (TPSA) is 53.1 Å². The number of benzene rings is 2. The van der Waals surface area contributed by atoms with E-state index in [4.69, 9.17) is 16.3 Å². The van der Waals surface area contributed by atoms with E-state index >= 15 is 0 Å². The van der Waals surface area contributed by atoms with Gasteiger partial charge < -0.3 is 14.5 Å². The van der Waals surface area contributed by atoms with Gasteiger partial charge in [-0.15, -0.1) is 0 Å². The molecule has 2 aliphatic heterocycles. The SMILES string of the molecule is COc1ccccc1C1=C(N2CCN(C)CC2)C(=O)N(c2ccc(C)c(Cl)c2)C1=O. The summed E-state index contributed by atoms with van der Waals surface area (Å²) in [5.74, 6) is -0.132. The van der Waals surface area contributed by atoms with Crippen molar-refractivity contribution in [3.05, 3.63) is 64.3 Å². The van der Waals surface area contributed by atoms with Gasteiger partial charge in [0, 0.05) is 36.8 Å². The Bertz CT molecular complexity index is 1040. The maximum Gasteiger partial charge on any atom is 0.282 e. The summed E-state index contributed by atoms with van der Waals surface area (Å²) in [5, 5.41) is 0.514. The minimum Gasteiger partial charge on any atom is -0.496 e. The van der Waals surface area contributed by atoms with Crippen LogP contribution in [0.2, 0.25) is 5.02 Å². The highest BCUT2D eigenvalue weighted by molar-refractivity contribution is 6.46. The molecule has 2 aromatic carbocycles. The minimum atomic E-state index is -0.363. The third-order valence-electron chi connectivity index (χ3n) is 5.67. The number of anilines is 1. The zero-order valence-corrected chi connectivity index (χ0v) is 18.1. The molecule has 156 valence electrons. The first kappa shape index (κ1) is 20.4. The lowest BCUT2D eigenvalue weighted by Crippen LogP contribution is -2.46. The lowest BCUT2D eigenvalue weighted by molar-refractivity contribution is -0.120. The number of methoxy groups -OCH3 is 1. The van der Waals surface area contributed by atoms with E-state index in [2.05, 4.69) is 11.9 Å². The Hall–Kier alpha value is -2.83. The van der Waals surface area contributed by atoms with Gasteiger partial charge in [-0.1, -0.05) is 35.9 Å². The zero-order valence-electron chi connectivity index (χ0n) is 17.3. The van der Waals surface area contributed by atoms with E-state index in [1.165, 1.54) is 4.90 Å². The maximum absolute atomic E-state index is 13.6. The van der Waals surface area contributed by atoms with Crippen molar-refractivity contribution < 1.29 is 14.3 Å². The van der Waals surface area contributed by atoms with E-state index in [1.54, 1.807) is 25.3 Å². The monoisotopic (exact) mass is 425 g/mol. The Morgan fingerprint density at radius 2 is 1.67 bits per heavy atom. The number of amides is 2. The number of imide groups is 1. The smallest absolute Gasteiger partial charge is 0.282 e. The number of hydrogen-bond donors (Lipinski definition) is 0. The summed E-state index contributed by atoms with van der Waals surface area (Å²) in [6.07, 6.45) is 0. The molecular weight excluding hydrogens is 402 g/mol. The summed E-state index contributed by atoms with van der Waals surface area (Å²) >= 11 is 6.29. The molecule has 2 amide bonds. The Kier molecular flexibility index (Phi) is 5.54. The van der Waals surface area contributed by atoms with E-state index in [-0.39, 0.29) is 11.8 Å². The summed E-state index contributed by atoms with van der Waals surface area (Å²) < 4.78 is 5.51. The molecule has 2 aromatic rings. The summed E-state index contributed by atoms with van der Waals surface area (Å²) in [6.45, 7) is 4.87. The van der Waals surface area contributed by atoms with Crippen LogP contribution in [0, 0.1) is 6.92 Å². The van der Waals surface area contributed by atoms with E-state index < -0.39 is 0 Å². The highest BCUT2D eigenvalue weighted by Crippen LogP contribution is 2.39. The molecule has 0 atom stereocenters. The molecule has 0 aromatic heterocycles. The second kappa shape index (κ2) is 8.13. The Balaban J connectivity index is 1.85. The molecule has 1 saturated heterocycles. The number of carbonyl (C=O) groups excluding carboxylic acids is 2. The number of aryl methyl sites for hydroxylation is 1. The fourth-order valence-electron chi connectivity index (χ4n) is 3.89. The van der Waals surface area contributed by atoms with Gasteiger partial charge in [-0.25, -0.2) is 4.90 Å². The highest BCUT2D eigenvalue weighted by atomic mass is 35.5. The van der Waals surface area contributed by atoms with Gasteiger partial charge in [-0.2, -0.15) is 0 Å². The highest BCUT2D eigenvalue weighted by Gasteiger charge is 2.43. The standard InChI is InChI=1S/C23H24ClN3O3/c1-15-8-9-16(14-18(15)24)27-22(28)20(17-6-4-5-7-19(17)30-3)21(23(27)29)26-12-10-25(2)11-13-26/h4-9,14H,10-13H2,1-3H3. The fraction of sp³-hybridized carbons (Fsp3) is 0.304. The van der Waals surface area contributed by atoms with Gasteiger partial charge in [-0.3, -0.25) is 9.59 Å². The van der Waals surface area contributed by atoms with Crippen molar-refractivity contribution in [3.63, 3.8) is 0 Å². The number of likely N-dealkylation sites (N-methyl/N-ethyl adjacent to an activating group) is 1. The molecule has 0 spiro atoms. The van der Waals surface area contributed by atoms with Crippen molar-refractivity contribution in [1.29, 1.82) is 0 Å². The first-order valence-corrected chi connectivity index (χ1v) is 10.3. The second-order valence-electron chi connectivity index (χ2n) is 7.59.